The normalized spacial score (nSPS) is 13.5. The number of hydrogen-bond donors (Lipinski definition) is 2. The van der Waals surface area contributed by atoms with E-state index in [2.05, 4.69) is 31.4 Å². The largest absolute Gasteiger partial charge is 0.396 e. The molecule has 0 amide bonds. The highest BCUT2D eigenvalue weighted by molar-refractivity contribution is 7.80. The predicted octanol–water partition coefficient (Wildman–Crippen LogP) is 2.04. The van der Waals surface area contributed by atoms with Gasteiger partial charge in [-0.2, -0.15) is 12.6 Å². The summed E-state index contributed by atoms with van der Waals surface area (Å²) in [7, 11) is 0. The molecule has 14 heavy (non-hydrogen) atoms. The minimum atomic E-state index is 0.301. The third kappa shape index (κ3) is 6.68. The third-order valence-corrected chi connectivity index (χ3v) is 3.07. The van der Waals surface area contributed by atoms with E-state index < -0.39 is 0 Å². The van der Waals surface area contributed by atoms with Crippen molar-refractivity contribution >= 4 is 12.6 Å². The number of rotatable bonds is 9. The Hall–Kier alpha value is 0.270. The molecule has 1 N–H and O–H groups in total. The number of hydrogen-bond acceptors (Lipinski definition) is 3. The van der Waals surface area contributed by atoms with Gasteiger partial charge in [0.2, 0.25) is 0 Å². The van der Waals surface area contributed by atoms with E-state index >= 15 is 0 Å². The van der Waals surface area contributed by atoms with Gasteiger partial charge in [0.25, 0.3) is 0 Å². The molecule has 0 saturated carbocycles. The van der Waals surface area contributed by atoms with E-state index in [1.165, 1.54) is 12.8 Å². The van der Waals surface area contributed by atoms with E-state index in [9.17, 15) is 0 Å². The molecule has 1 unspecified atom stereocenters. The van der Waals surface area contributed by atoms with E-state index in [4.69, 9.17) is 5.11 Å². The van der Waals surface area contributed by atoms with Gasteiger partial charge in [-0.25, -0.2) is 0 Å². The molecule has 0 rings (SSSR count). The maximum absolute atomic E-state index is 8.76. The van der Waals surface area contributed by atoms with Crippen molar-refractivity contribution in [2.75, 3.05) is 32.0 Å². The van der Waals surface area contributed by atoms with Crippen LogP contribution in [0.25, 0.3) is 0 Å². The molecule has 0 bridgehead atoms. The van der Waals surface area contributed by atoms with Crippen LogP contribution in [0.5, 0.6) is 0 Å². The fraction of sp³-hybridized carbons (Fsp3) is 1.00. The van der Waals surface area contributed by atoms with Crippen molar-refractivity contribution in [3.05, 3.63) is 0 Å². The summed E-state index contributed by atoms with van der Waals surface area (Å²) in [4.78, 5) is 2.41. The molecule has 0 aromatic rings. The molecule has 0 aromatic heterocycles. The van der Waals surface area contributed by atoms with Crippen molar-refractivity contribution in [3.63, 3.8) is 0 Å². The maximum Gasteiger partial charge on any atom is 0.0443 e. The SMILES string of the molecule is CCCC(CS)CN(CC)CCCO. The highest BCUT2D eigenvalue weighted by atomic mass is 32.1. The first-order valence-electron chi connectivity index (χ1n) is 5.72. The van der Waals surface area contributed by atoms with E-state index in [1.807, 2.05) is 0 Å². The lowest BCUT2D eigenvalue weighted by molar-refractivity contribution is 0.209. The molecular formula is C11H25NOS. The van der Waals surface area contributed by atoms with Crippen LogP contribution in [0.4, 0.5) is 0 Å². The van der Waals surface area contributed by atoms with Crippen molar-refractivity contribution in [2.45, 2.75) is 33.1 Å². The van der Waals surface area contributed by atoms with Gasteiger partial charge in [0.05, 0.1) is 0 Å². The van der Waals surface area contributed by atoms with Crippen LogP contribution >= 0.6 is 12.6 Å². The van der Waals surface area contributed by atoms with Crippen LogP contribution in [0.2, 0.25) is 0 Å². The Kier molecular flexibility index (Phi) is 10.0. The van der Waals surface area contributed by atoms with Crippen molar-refractivity contribution in [3.8, 4) is 0 Å². The molecule has 1 atom stereocenters. The van der Waals surface area contributed by atoms with Crippen LogP contribution < -0.4 is 0 Å². The monoisotopic (exact) mass is 219 g/mol. The molecule has 2 nitrogen and oxygen atoms in total. The average Bonchev–Trinajstić information content (AvgIpc) is 2.22. The van der Waals surface area contributed by atoms with Gasteiger partial charge in [-0.3, -0.25) is 0 Å². The second kappa shape index (κ2) is 9.81. The molecule has 0 heterocycles. The maximum atomic E-state index is 8.76. The van der Waals surface area contributed by atoms with E-state index in [1.54, 1.807) is 0 Å². The van der Waals surface area contributed by atoms with Gasteiger partial charge < -0.3 is 10.0 Å². The number of aliphatic hydroxyl groups excluding tert-OH is 1. The van der Waals surface area contributed by atoms with Gasteiger partial charge in [0, 0.05) is 19.7 Å². The Morgan fingerprint density at radius 3 is 2.50 bits per heavy atom. The first-order chi connectivity index (χ1) is 6.78. The lowest BCUT2D eigenvalue weighted by atomic mass is 10.1. The minimum absolute atomic E-state index is 0.301. The van der Waals surface area contributed by atoms with Crippen LogP contribution in [-0.4, -0.2) is 42.0 Å². The third-order valence-electron chi connectivity index (χ3n) is 2.55. The summed E-state index contributed by atoms with van der Waals surface area (Å²) in [5, 5.41) is 8.76. The topological polar surface area (TPSA) is 23.5 Å². The van der Waals surface area contributed by atoms with Crippen LogP contribution in [0, 0.1) is 5.92 Å². The number of thiol groups is 1. The number of aliphatic hydroxyl groups is 1. The highest BCUT2D eigenvalue weighted by Gasteiger charge is 2.10. The Balaban J connectivity index is 3.75. The van der Waals surface area contributed by atoms with E-state index in [0.717, 1.165) is 31.8 Å². The molecule has 0 fully saturated rings. The van der Waals surface area contributed by atoms with Gasteiger partial charge in [-0.15, -0.1) is 0 Å². The van der Waals surface area contributed by atoms with Gasteiger partial charge in [0.15, 0.2) is 0 Å². The first-order valence-corrected chi connectivity index (χ1v) is 6.35. The molecular weight excluding hydrogens is 194 g/mol. The van der Waals surface area contributed by atoms with Crippen LogP contribution in [0.1, 0.15) is 33.1 Å². The van der Waals surface area contributed by atoms with Crippen LogP contribution in [0.3, 0.4) is 0 Å². The molecule has 0 aliphatic heterocycles. The molecule has 0 aromatic carbocycles. The molecule has 0 saturated heterocycles. The fourth-order valence-corrected chi connectivity index (χ4v) is 1.98. The second-order valence-electron chi connectivity index (χ2n) is 3.81. The minimum Gasteiger partial charge on any atom is -0.396 e. The van der Waals surface area contributed by atoms with Crippen molar-refractivity contribution in [1.82, 2.24) is 4.90 Å². The Morgan fingerprint density at radius 1 is 1.36 bits per heavy atom. The molecule has 86 valence electrons. The summed E-state index contributed by atoms with van der Waals surface area (Å²) in [5.74, 6) is 1.69. The summed E-state index contributed by atoms with van der Waals surface area (Å²) in [6, 6.07) is 0. The molecule has 0 spiro atoms. The van der Waals surface area contributed by atoms with Crippen molar-refractivity contribution in [1.29, 1.82) is 0 Å². The Bertz CT molecular complexity index is 122. The summed E-state index contributed by atoms with van der Waals surface area (Å²) in [5.41, 5.74) is 0. The van der Waals surface area contributed by atoms with Gasteiger partial charge in [-0.1, -0.05) is 20.3 Å². The van der Waals surface area contributed by atoms with Crippen LogP contribution in [-0.2, 0) is 0 Å². The van der Waals surface area contributed by atoms with Gasteiger partial charge >= 0.3 is 0 Å². The van der Waals surface area contributed by atoms with Crippen molar-refractivity contribution < 1.29 is 5.11 Å². The predicted molar refractivity (Wildman–Crippen MR) is 66.1 cm³/mol. The zero-order valence-corrected chi connectivity index (χ0v) is 10.5. The summed E-state index contributed by atoms with van der Waals surface area (Å²) < 4.78 is 0. The highest BCUT2D eigenvalue weighted by Crippen LogP contribution is 2.10. The summed E-state index contributed by atoms with van der Waals surface area (Å²) in [6.45, 7) is 7.93. The molecule has 3 heteroatoms. The van der Waals surface area contributed by atoms with Crippen molar-refractivity contribution in [2.24, 2.45) is 5.92 Å². The lowest BCUT2D eigenvalue weighted by Gasteiger charge is -2.25. The Morgan fingerprint density at radius 2 is 2.07 bits per heavy atom. The molecule has 0 radical (unpaired) electrons. The zero-order chi connectivity index (χ0) is 10.8. The fourth-order valence-electron chi connectivity index (χ4n) is 1.69. The standard InChI is InChI=1S/C11H25NOS/c1-3-6-11(10-14)9-12(4-2)7-5-8-13/h11,13-14H,3-10H2,1-2H3. The smallest absolute Gasteiger partial charge is 0.0443 e. The lowest BCUT2D eigenvalue weighted by Crippen LogP contribution is -2.31. The second-order valence-corrected chi connectivity index (χ2v) is 4.17. The van der Waals surface area contributed by atoms with E-state index in [-0.39, 0.29) is 0 Å². The average molecular weight is 219 g/mol. The van der Waals surface area contributed by atoms with Gasteiger partial charge in [0.1, 0.15) is 0 Å². The zero-order valence-electron chi connectivity index (χ0n) is 9.58. The summed E-state index contributed by atoms with van der Waals surface area (Å²) in [6.07, 6.45) is 3.39. The molecule has 0 aliphatic carbocycles. The molecule has 0 aliphatic rings. The van der Waals surface area contributed by atoms with Crippen LogP contribution in [0.15, 0.2) is 0 Å². The summed E-state index contributed by atoms with van der Waals surface area (Å²) >= 11 is 4.38. The van der Waals surface area contributed by atoms with E-state index in [0.29, 0.717) is 12.5 Å². The first kappa shape index (κ1) is 14.3. The quantitative estimate of drug-likeness (QED) is 0.580. The van der Waals surface area contributed by atoms with Gasteiger partial charge in [-0.05, 0) is 31.1 Å². The number of nitrogens with zero attached hydrogens (tertiary/aromatic N) is 1. The Labute approximate surface area is 94.1 Å².